The Balaban J connectivity index is 2.26. The molecule has 5 heteroatoms. The Morgan fingerprint density at radius 3 is 2.65 bits per heavy atom. The van der Waals surface area contributed by atoms with E-state index in [0.29, 0.717) is 10.6 Å². The predicted molar refractivity (Wildman–Crippen MR) is 80.0 cm³/mol. The van der Waals surface area contributed by atoms with Gasteiger partial charge in [-0.15, -0.1) is 11.3 Å². The number of nitrogens with zero attached hydrogens (tertiary/aromatic N) is 1. The van der Waals surface area contributed by atoms with Crippen LogP contribution in [0.5, 0.6) is 0 Å². The first-order valence-corrected chi connectivity index (χ1v) is 7.25. The number of halogens is 1. The number of rotatable bonds is 3. The van der Waals surface area contributed by atoms with Gasteiger partial charge < -0.3 is 5.32 Å². The van der Waals surface area contributed by atoms with E-state index in [4.69, 9.17) is 0 Å². The molecular formula is C15H17FN2OS. The molecule has 1 heterocycles. The highest BCUT2D eigenvalue weighted by atomic mass is 32.1. The smallest absolute Gasteiger partial charge is 0.267 e. The molecule has 1 aromatic carbocycles. The van der Waals surface area contributed by atoms with E-state index in [-0.39, 0.29) is 17.5 Å². The van der Waals surface area contributed by atoms with Crippen LogP contribution in [0.2, 0.25) is 0 Å². The highest BCUT2D eigenvalue weighted by Crippen LogP contribution is 2.26. The zero-order valence-corrected chi connectivity index (χ0v) is 12.8. The highest BCUT2D eigenvalue weighted by molar-refractivity contribution is 7.14. The largest absolute Gasteiger partial charge is 0.319 e. The van der Waals surface area contributed by atoms with Crippen molar-refractivity contribution in [2.45, 2.75) is 33.6 Å². The molecule has 0 aliphatic heterocycles. The maximum atomic E-state index is 13.7. The molecule has 2 aromatic rings. The van der Waals surface area contributed by atoms with Gasteiger partial charge in [0.2, 0.25) is 0 Å². The summed E-state index contributed by atoms with van der Waals surface area (Å²) in [5, 5.41) is 3.53. The van der Waals surface area contributed by atoms with Gasteiger partial charge in [0.1, 0.15) is 10.7 Å². The number of amides is 1. The van der Waals surface area contributed by atoms with Crippen molar-refractivity contribution >= 4 is 22.9 Å². The molecule has 106 valence electrons. The van der Waals surface area contributed by atoms with Crippen LogP contribution in [0, 0.1) is 19.7 Å². The van der Waals surface area contributed by atoms with Crippen molar-refractivity contribution in [2.24, 2.45) is 0 Å². The number of aromatic nitrogens is 1. The number of thiazole rings is 1. The summed E-state index contributed by atoms with van der Waals surface area (Å²) in [5.41, 5.74) is 1.78. The molecule has 0 atom stereocenters. The van der Waals surface area contributed by atoms with Gasteiger partial charge in [-0.1, -0.05) is 19.9 Å². The van der Waals surface area contributed by atoms with Crippen LogP contribution < -0.4 is 5.32 Å². The Morgan fingerprint density at radius 1 is 1.35 bits per heavy atom. The van der Waals surface area contributed by atoms with Crippen LogP contribution in [0.1, 0.15) is 45.7 Å². The topological polar surface area (TPSA) is 42.0 Å². The summed E-state index contributed by atoms with van der Waals surface area (Å²) in [6.45, 7) is 7.70. The Bertz CT molecular complexity index is 649. The van der Waals surface area contributed by atoms with Gasteiger partial charge in [-0.3, -0.25) is 4.79 Å². The average Bonchev–Trinajstić information content (AvgIpc) is 2.76. The molecule has 1 N–H and O–H groups in total. The van der Waals surface area contributed by atoms with Crippen LogP contribution in [0.15, 0.2) is 18.2 Å². The van der Waals surface area contributed by atoms with Gasteiger partial charge in [-0.05, 0) is 31.5 Å². The molecule has 20 heavy (non-hydrogen) atoms. The number of nitrogens with one attached hydrogen (secondary N) is 1. The van der Waals surface area contributed by atoms with Crippen molar-refractivity contribution in [2.75, 3.05) is 5.32 Å². The number of anilines is 1. The second-order valence-electron chi connectivity index (χ2n) is 5.06. The quantitative estimate of drug-likeness (QED) is 0.917. The molecule has 1 aromatic heterocycles. The Hall–Kier alpha value is -1.75. The van der Waals surface area contributed by atoms with Gasteiger partial charge in [-0.2, -0.15) is 0 Å². The molecule has 0 bridgehead atoms. The number of hydrogen-bond donors (Lipinski definition) is 1. The van der Waals surface area contributed by atoms with Gasteiger partial charge in [-0.25, -0.2) is 9.37 Å². The predicted octanol–water partition coefficient (Wildman–Crippen LogP) is 4.27. The normalized spacial score (nSPS) is 10.9. The van der Waals surface area contributed by atoms with E-state index in [1.54, 1.807) is 19.1 Å². The fourth-order valence-corrected chi connectivity index (χ4v) is 2.75. The first-order valence-electron chi connectivity index (χ1n) is 6.43. The fraction of sp³-hybridized carbons (Fsp3) is 0.333. The zero-order valence-electron chi connectivity index (χ0n) is 12.0. The zero-order chi connectivity index (χ0) is 14.9. The van der Waals surface area contributed by atoms with E-state index in [9.17, 15) is 9.18 Å². The molecule has 0 unspecified atom stereocenters. The summed E-state index contributed by atoms with van der Waals surface area (Å²) < 4.78 is 13.7. The van der Waals surface area contributed by atoms with Crippen LogP contribution >= 0.6 is 11.3 Å². The van der Waals surface area contributed by atoms with Crippen LogP contribution in [-0.4, -0.2) is 10.9 Å². The standard InChI is InChI=1S/C15H17FN2OS/c1-8(2)15-17-10(4)13(20-15)14(19)18-12-7-9(3)5-6-11(12)16/h5-8H,1-4H3,(H,18,19). The molecule has 0 aliphatic rings. The summed E-state index contributed by atoms with van der Waals surface area (Å²) in [6, 6.07) is 4.64. The van der Waals surface area contributed by atoms with E-state index in [0.717, 1.165) is 10.6 Å². The number of carbonyl (C=O) groups is 1. The summed E-state index contributed by atoms with van der Waals surface area (Å²) in [7, 11) is 0. The molecule has 0 saturated carbocycles. The van der Waals surface area contributed by atoms with E-state index < -0.39 is 5.82 Å². The first-order chi connectivity index (χ1) is 9.38. The molecule has 2 rings (SSSR count). The minimum atomic E-state index is -0.435. The minimum Gasteiger partial charge on any atom is -0.319 e. The van der Waals surface area contributed by atoms with Crippen molar-refractivity contribution in [3.8, 4) is 0 Å². The van der Waals surface area contributed by atoms with Crippen molar-refractivity contribution in [1.82, 2.24) is 4.98 Å². The SMILES string of the molecule is Cc1ccc(F)c(NC(=O)c2sc(C(C)C)nc2C)c1. The second-order valence-corrected chi connectivity index (χ2v) is 6.09. The summed E-state index contributed by atoms with van der Waals surface area (Å²) in [5.74, 6) is -0.470. The van der Waals surface area contributed by atoms with E-state index in [1.165, 1.54) is 17.4 Å². The number of hydrogen-bond acceptors (Lipinski definition) is 3. The third-order valence-corrected chi connectivity index (χ3v) is 4.34. The molecule has 0 fully saturated rings. The molecule has 0 radical (unpaired) electrons. The van der Waals surface area contributed by atoms with Crippen molar-refractivity contribution in [1.29, 1.82) is 0 Å². The fourth-order valence-electron chi connectivity index (χ4n) is 1.79. The van der Waals surface area contributed by atoms with Crippen molar-refractivity contribution in [3.05, 3.63) is 45.2 Å². The third-order valence-electron chi connectivity index (χ3n) is 2.88. The number of carbonyl (C=O) groups excluding carboxylic acids is 1. The van der Waals surface area contributed by atoms with Crippen LogP contribution in [0.3, 0.4) is 0 Å². The lowest BCUT2D eigenvalue weighted by Crippen LogP contribution is -2.12. The van der Waals surface area contributed by atoms with Gasteiger partial charge in [0.25, 0.3) is 5.91 Å². The lowest BCUT2D eigenvalue weighted by Gasteiger charge is -2.06. The maximum Gasteiger partial charge on any atom is 0.267 e. The number of benzene rings is 1. The monoisotopic (exact) mass is 292 g/mol. The lowest BCUT2D eigenvalue weighted by atomic mass is 10.2. The Morgan fingerprint density at radius 2 is 2.05 bits per heavy atom. The molecule has 0 aliphatic carbocycles. The van der Waals surface area contributed by atoms with Gasteiger partial charge in [0.15, 0.2) is 0 Å². The highest BCUT2D eigenvalue weighted by Gasteiger charge is 2.18. The van der Waals surface area contributed by atoms with E-state index >= 15 is 0 Å². The third kappa shape index (κ3) is 3.04. The van der Waals surface area contributed by atoms with Gasteiger partial charge in [0.05, 0.1) is 16.4 Å². The van der Waals surface area contributed by atoms with Crippen molar-refractivity contribution < 1.29 is 9.18 Å². The summed E-state index contributed by atoms with van der Waals surface area (Å²) in [6.07, 6.45) is 0. The summed E-state index contributed by atoms with van der Waals surface area (Å²) in [4.78, 5) is 17.1. The molecular weight excluding hydrogens is 275 g/mol. The van der Waals surface area contributed by atoms with Crippen molar-refractivity contribution in [3.63, 3.8) is 0 Å². The lowest BCUT2D eigenvalue weighted by molar-refractivity contribution is 0.102. The van der Waals surface area contributed by atoms with Gasteiger partial charge in [0, 0.05) is 5.92 Å². The minimum absolute atomic E-state index is 0.203. The van der Waals surface area contributed by atoms with Crippen LogP contribution in [0.25, 0.3) is 0 Å². The van der Waals surface area contributed by atoms with E-state index in [1.807, 2.05) is 20.8 Å². The van der Waals surface area contributed by atoms with Crippen LogP contribution in [0.4, 0.5) is 10.1 Å². The maximum absolute atomic E-state index is 13.7. The Labute approximate surface area is 121 Å². The molecule has 3 nitrogen and oxygen atoms in total. The van der Waals surface area contributed by atoms with E-state index in [2.05, 4.69) is 10.3 Å². The average molecular weight is 292 g/mol. The molecule has 0 saturated heterocycles. The second kappa shape index (κ2) is 5.71. The first kappa shape index (κ1) is 14.7. The molecule has 1 amide bonds. The van der Waals surface area contributed by atoms with Gasteiger partial charge >= 0.3 is 0 Å². The summed E-state index contributed by atoms with van der Waals surface area (Å²) >= 11 is 1.36. The molecule has 0 spiro atoms. The van der Waals surface area contributed by atoms with Crippen LogP contribution in [-0.2, 0) is 0 Å². The number of aryl methyl sites for hydroxylation is 2. The Kier molecular flexibility index (Phi) is 4.18.